The molecular weight excluding hydrogens is 312 g/mol. The number of rotatable bonds is 4. The molecule has 0 aliphatic carbocycles. The maximum Gasteiger partial charge on any atom is 0.314 e. The first-order valence-corrected chi connectivity index (χ1v) is 6.66. The highest BCUT2D eigenvalue weighted by molar-refractivity contribution is 9.08. The van der Waals surface area contributed by atoms with Crippen LogP contribution in [0.3, 0.4) is 0 Å². The second-order valence-corrected chi connectivity index (χ2v) is 4.48. The van der Waals surface area contributed by atoms with Gasteiger partial charge in [0, 0.05) is 23.2 Å². The number of alkyl halides is 1. The first kappa shape index (κ1) is 13.5. The minimum Gasteiger partial charge on any atom is -0.432 e. The largest absolute Gasteiger partial charge is 0.432 e. The molecule has 0 aliphatic rings. The average molecular weight is 323 g/mol. The molecule has 0 unspecified atom stereocenters. The third kappa shape index (κ3) is 3.08. The second kappa shape index (κ2) is 5.79. The van der Waals surface area contributed by atoms with Crippen LogP contribution in [0.25, 0.3) is 0 Å². The van der Waals surface area contributed by atoms with E-state index in [1.807, 2.05) is 6.07 Å². The van der Waals surface area contributed by atoms with Gasteiger partial charge in [0.25, 0.3) is 0 Å². The highest BCUT2D eigenvalue weighted by atomic mass is 79.9. The first-order valence-electron chi connectivity index (χ1n) is 5.54. The van der Waals surface area contributed by atoms with Crippen molar-refractivity contribution in [3.8, 4) is 11.6 Å². The Kier molecular flexibility index (Phi) is 4.11. The summed E-state index contributed by atoms with van der Waals surface area (Å²) >= 11 is 3.32. The third-order valence-corrected chi connectivity index (χ3v) is 3.20. The van der Waals surface area contributed by atoms with Crippen molar-refractivity contribution in [3.63, 3.8) is 0 Å². The van der Waals surface area contributed by atoms with Crippen molar-refractivity contribution in [1.82, 2.24) is 4.98 Å². The molecule has 0 spiro atoms. The van der Waals surface area contributed by atoms with Gasteiger partial charge in [-0.2, -0.15) is 0 Å². The zero-order chi connectivity index (χ0) is 13.8. The lowest BCUT2D eigenvalue weighted by atomic mass is 10.2. The van der Waals surface area contributed by atoms with Gasteiger partial charge in [0.2, 0.25) is 11.6 Å². The number of hydrogen-bond acceptors (Lipinski definition) is 4. The SMILES string of the molecule is Cc1cccc(Oc2ccc(CBr)cn2)c1[N+](=O)[O-]. The number of aromatic nitrogens is 1. The lowest BCUT2D eigenvalue weighted by molar-refractivity contribution is -0.386. The van der Waals surface area contributed by atoms with Crippen LogP contribution in [0, 0.1) is 17.0 Å². The minimum atomic E-state index is -0.447. The monoisotopic (exact) mass is 322 g/mol. The van der Waals surface area contributed by atoms with Crippen LogP contribution in [0.2, 0.25) is 0 Å². The Morgan fingerprint density at radius 2 is 2.16 bits per heavy atom. The fourth-order valence-corrected chi connectivity index (χ4v) is 1.94. The molecule has 0 fully saturated rings. The molecule has 6 heteroatoms. The van der Waals surface area contributed by atoms with E-state index in [2.05, 4.69) is 20.9 Å². The van der Waals surface area contributed by atoms with E-state index < -0.39 is 4.92 Å². The van der Waals surface area contributed by atoms with Gasteiger partial charge in [-0.25, -0.2) is 4.98 Å². The Hall–Kier alpha value is -1.95. The van der Waals surface area contributed by atoms with Gasteiger partial charge in [0.05, 0.1) is 4.92 Å². The van der Waals surface area contributed by atoms with Gasteiger partial charge < -0.3 is 4.74 Å². The van der Waals surface area contributed by atoms with Gasteiger partial charge >= 0.3 is 5.69 Å². The van der Waals surface area contributed by atoms with Gasteiger partial charge in [-0.15, -0.1) is 0 Å². The molecule has 98 valence electrons. The fourth-order valence-electron chi connectivity index (χ4n) is 1.61. The van der Waals surface area contributed by atoms with Crippen LogP contribution >= 0.6 is 15.9 Å². The Morgan fingerprint density at radius 3 is 2.74 bits per heavy atom. The highest BCUT2D eigenvalue weighted by Crippen LogP contribution is 2.33. The number of ether oxygens (including phenoxy) is 1. The molecule has 2 rings (SSSR count). The van der Waals surface area contributed by atoms with Gasteiger partial charge in [-0.1, -0.05) is 34.1 Å². The van der Waals surface area contributed by atoms with Gasteiger partial charge in [-0.3, -0.25) is 10.1 Å². The number of benzene rings is 1. The van der Waals surface area contributed by atoms with Crippen molar-refractivity contribution < 1.29 is 9.66 Å². The Labute approximate surface area is 118 Å². The molecule has 5 nitrogen and oxygen atoms in total. The quantitative estimate of drug-likeness (QED) is 0.485. The molecule has 1 aromatic carbocycles. The van der Waals surface area contributed by atoms with Gasteiger partial charge in [0.1, 0.15) is 0 Å². The van der Waals surface area contributed by atoms with Gasteiger partial charge in [0.15, 0.2) is 0 Å². The summed E-state index contributed by atoms with van der Waals surface area (Å²) in [5.74, 6) is 0.530. The number of nitro benzene ring substituents is 1. The number of para-hydroxylation sites is 1. The predicted octanol–water partition coefficient (Wildman–Crippen LogP) is 3.99. The van der Waals surface area contributed by atoms with E-state index in [4.69, 9.17) is 4.74 Å². The molecule has 2 aromatic rings. The lowest BCUT2D eigenvalue weighted by Crippen LogP contribution is -1.97. The van der Waals surface area contributed by atoms with Crippen molar-refractivity contribution in [3.05, 3.63) is 57.8 Å². The summed E-state index contributed by atoms with van der Waals surface area (Å²) in [7, 11) is 0. The zero-order valence-electron chi connectivity index (χ0n) is 10.2. The first-order chi connectivity index (χ1) is 9.11. The minimum absolute atomic E-state index is 0.0335. The third-order valence-electron chi connectivity index (χ3n) is 2.55. The molecular formula is C13H11BrN2O3. The van der Waals surface area contributed by atoms with Crippen molar-refractivity contribution in [2.24, 2.45) is 0 Å². The normalized spacial score (nSPS) is 10.2. The van der Waals surface area contributed by atoms with E-state index in [0.29, 0.717) is 16.8 Å². The molecule has 0 bridgehead atoms. The Bertz CT molecular complexity index is 599. The smallest absolute Gasteiger partial charge is 0.314 e. The van der Waals surface area contributed by atoms with Crippen molar-refractivity contribution in [2.75, 3.05) is 0 Å². The van der Waals surface area contributed by atoms with Crippen molar-refractivity contribution >= 4 is 21.6 Å². The molecule has 0 radical (unpaired) electrons. The standard InChI is InChI=1S/C13H11BrN2O3/c1-9-3-2-4-11(13(9)16(17)18)19-12-6-5-10(7-14)8-15-12/h2-6,8H,7H2,1H3. The summed E-state index contributed by atoms with van der Waals surface area (Å²) in [5.41, 5.74) is 1.53. The van der Waals surface area contributed by atoms with Crippen LogP contribution in [0.4, 0.5) is 5.69 Å². The van der Waals surface area contributed by atoms with Crippen LogP contribution in [-0.4, -0.2) is 9.91 Å². The van der Waals surface area contributed by atoms with E-state index in [9.17, 15) is 10.1 Å². The highest BCUT2D eigenvalue weighted by Gasteiger charge is 2.18. The van der Waals surface area contributed by atoms with Gasteiger partial charge in [-0.05, 0) is 18.6 Å². The van der Waals surface area contributed by atoms with E-state index >= 15 is 0 Å². The summed E-state index contributed by atoms with van der Waals surface area (Å²) in [4.78, 5) is 14.7. The topological polar surface area (TPSA) is 65.3 Å². The number of aryl methyl sites for hydroxylation is 1. The zero-order valence-corrected chi connectivity index (χ0v) is 11.8. The van der Waals surface area contributed by atoms with Crippen LogP contribution in [0.15, 0.2) is 36.5 Å². The number of nitrogens with zero attached hydrogens (tertiary/aromatic N) is 2. The Morgan fingerprint density at radius 1 is 1.37 bits per heavy atom. The van der Waals surface area contributed by atoms with E-state index in [1.54, 1.807) is 37.4 Å². The van der Waals surface area contributed by atoms with Crippen LogP contribution in [0.1, 0.15) is 11.1 Å². The number of pyridine rings is 1. The fraction of sp³-hybridized carbons (Fsp3) is 0.154. The molecule has 0 amide bonds. The molecule has 1 heterocycles. The van der Waals surface area contributed by atoms with Crippen molar-refractivity contribution in [1.29, 1.82) is 0 Å². The number of halogens is 1. The van der Waals surface area contributed by atoms with Crippen LogP contribution in [-0.2, 0) is 5.33 Å². The molecule has 1 aromatic heterocycles. The number of nitro groups is 1. The summed E-state index contributed by atoms with van der Waals surface area (Å²) in [5, 5.41) is 11.7. The Balaban J connectivity index is 2.32. The van der Waals surface area contributed by atoms with Crippen LogP contribution < -0.4 is 4.74 Å². The maximum atomic E-state index is 11.0. The molecule has 0 saturated carbocycles. The molecule has 0 aliphatic heterocycles. The lowest BCUT2D eigenvalue weighted by Gasteiger charge is -2.07. The summed E-state index contributed by atoms with van der Waals surface area (Å²) in [6.45, 7) is 1.67. The predicted molar refractivity (Wildman–Crippen MR) is 74.8 cm³/mol. The maximum absolute atomic E-state index is 11.0. The van der Waals surface area contributed by atoms with Crippen LogP contribution in [0.5, 0.6) is 11.6 Å². The number of hydrogen-bond donors (Lipinski definition) is 0. The summed E-state index contributed by atoms with van der Waals surface area (Å²) < 4.78 is 5.48. The second-order valence-electron chi connectivity index (χ2n) is 3.92. The average Bonchev–Trinajstić information content (AvgIpc) is 2.39. The molecule has 0 atom stereocenters. The van der Waals surface area contributed by atoms with Crippen molar-refractivity contribution in [2.45, 2.75) is 12.3 Å². The molecule has 0 saturated heterocycles. The molecule has 0 N–H and O–H groups in total. The van der Waals surface area contributed by atoms with E-state index in [1.165, 1.54) is 0 Å². The van der Waals surface area contributed by atoms with E-state index in [-0.39, 0.29) is 11.4 Å². The van der Waals surface area contributed by atoms with E-state index in [0.717, 1.165) is 5.56 Å². The summed E-state index contributed by atoms with van der Waals surface area (Å²) in [6.07, 6.45) is 1.66. The molecule has 19 heavy (non-hydrogen) atoms. The summed E-state index contributed by atoms with van der Waals surface area (Å²) in [6, 6.07) is 8.48.